The highest BCUT2D eigenvalue weighted by Gasteiger charge is 2.14. The minimum atomic E-state index is -0.245. The molecule has 3 nitrogen and oxygen atoms in total. The molecule has 0 aliphatic rings. The first kappa shape index (κ1) is 17.5. The minimum absolute atomic E-state index is 0.00661. The van der Waals surface area contributed by atoms with E-state index in [1.807, 2.05) is 32.0 Å². The molecule has 0 bridgehead atoms. The third-order valence-corrected chi connectivity index (χ3v) is 5.08. The summed E-state index contributed by atoms with van der Waals surface area (Å²) >= 11 is 1.70. The van der Waals surface area contributed by atoms with Gasteiger partial charge in [-0.3, -0.25) is 4.79 Å². The number of thioether (sulfide) groups is 1. The van der Waals surface area contributed by atoms with Gasteiger partial charge in [0.15, 0.2) is 0 Å². The molecule has 1 heterocycles. The number of aromatic amines is 1. The predicted octanol–water partition coefficient (Wildman–Crippen LogP) is 4.84. The number of hydrogen-bond acceptors (Lipinski definition) is 2. The Bertz CT molecular complexity index is 871. The number of H-pyrrole nitrogens is 1. The second kappa shape index (κ2) is 7.74. The van der Waals surface area contributed by atoms with E-state index in [0.29, 0.717) is 6.54 Å². The molecule has 0 unspecified atom stereocenters. The molecule has 0 fully saturated rings. The molecule has 1 amide bonds. The molecule has 2 aromatic carbocycles. The zero-order valence-electron chi connectivity index (χ0n) is 14.3. The fourth-order valence-corrected chi connectivity index (χ4v) is 3.67. The van der Waals surface area contributed by atoms with Gasteiger partial charge in [-0.05, 0) is 35.9 Å². The maximum absolute atomic E-state index is 13.2. The van der Waals surface area contributed by atoms with Gasteiger partial charge in [-0.15, -0.1) is 11.8 Å². The van der Waals surface area contributed by atoms with E-state index < -0.39 is 0 Å². The normalized spacial score (nSPS) is 11.2. The van der Waals surface area contributed by atoms with Crippen LogP contribution in [0.2, 0.25) is 0 Å². The fraction of sp³-hybridized carbons (Fsp3) is 0.250. The zero-order chi connectivity index (χ0) is 17.8. The molecule has 25 heavy (non-hydrogen) atoms. The summed E-state index contributed by atoms with van der Waals surface area (Å²) in [5.74, 6) is 0.589. The number of amides is 1. The Hall–Kier alpha value is -2.27. The van der Waals surface area contributed by atoms with Crippen molar-refractivity contribution in [3.05, 3.63) is 54.3 Å². The molecule has 2 N–H and O–H groups in total. The van der Waals surface area contributed by atoms with E-state index in [-0.39, 0.29) is 17.6 Å². The van der Waals surface area contributed by atoms with E-state index in [1.165, 1.54) is 12.1 Å². The number of carbonyl (C=O) groups excluding carboxylic acids is 1. The highest BCUT2D eigenvalue weighted by molar-refractivity contribution is 7.99. The summed E-state index contributed by atoms with van der Waals surface area (Å²) < 4.78 is 13.2. The molecule has 0 atom stereocenters. The van der Waals surface area contributed by atoms with Crippen molar-refractivity contribution in [3.8, 4) is 11.3 Å². The highest BCUT2D eigenvalue weighted by Crippen LogP contribution is 2.37. The lowest BCUT2D eigenvalue weighted by molar-refractivity contribution is -0.123. The lowest BCUT2D eigenvalue weighted by Gasteiger charge is -2.08. The monoisotopic (exact) mass is 356 g/mol. The second-order valence-corrected chi connectivity index (χ2v) is 7.28. The molecule has 130 valence electrons. The van der Waals surface area contributed by atoms with E-state index in [0.717, 1.165) is 32.8 Å². The van der Waals surface area contributed by atoms with Crippen LogP contribution in [-0.2, 0) is 4.79 Å². The maximum Gasteiger partial charge on any atom is 0.222 e. The van der Waals surface area contributed by atoms with Crippen molar-refractivity contribution in [2.75, 3.05) is 12.3 Å². The van der Waals surface area contributed by atoms with E-state index in [9.17, 15) is 9.18 Å². The molecule has 5 heteroatoms. The Morgan fingerprint density at radius 3 is 2.60 bits per heavy atom. The van der Waals surface area contributed by atoms with Gasteiger partial charge in [0.1, 0.15) is 5.82 Å². The van der Waals surface area contributed by atoms with E-state index in [2.05, 4.69) is 16.4 Å². The van der Waals surface area contributed by atoms with E-state index in [1.54, 1.807) is 23.9 Å². The number of carbonyl (C=O) groups is 1. The first-order valence-corrected chi connectivity index (χ1v) is 9.32. The van der Waals surface area contributed by atoms with Crippen molar-refractivity contribution >= 4 is 28.6 Å². The smallest absolute Gasteiger partial charge is 0.222 e. The molecule has 0 saturated carbocycles. The summed E-state index contributed by atoms with van der Waals surface area (Å²) in [6, 6.07) is 14.6. The number of halogens is 1. The maximum atomic E-state index is 13.2. The molecule has 0 spiro atoms. The minimum Gasteiger partial charge on any atom is -0.355 e. The van der Waals surface area contributed by atoms with Crippen LogP contribution in [0.4, 0.5) is 4.39 Å². The van der Waals surface area contributed by atoms with Crippen molar-refractivity contribution < 1.29 is 9.18 Å². The number of fused-ring (bicyclic) bond motifs is 1. The van der Waals surface area contributed by atoms with Crippen LogP contribution in [0.3, 0.4) is 0 Å². The van der Waals surface area contributed by atoms with Crippen molar-refractivity contribution in [3.63, 3.8) is 0 Å². The molecule has 3 rings (SSSR count). The van der Waals surface area contributed by atoms with Crippen LogP contribution >= 0.6 is 11.8 Å². The average molecular weight is 356 g/mol. The Balaban J connectivity index is 1.84. The topological polar surface area (TPSA) is 44.9 Å². The van der Waals surface area contributed by atoms with Gasteiger partial charge >= 0.3 is 0 Å². The molecule has 1 aromatic heterocycles. The standard InChI is InChI=1S/C20H21FN2OS/c1-13(2)20(24)22-11-12-25-19-16-5-3-4-6-17(16)23-18(19)14-7-9-15(21)10-8-14/h3-10,13,23H,11-12H2,1-2H3,(H,22,24). The SMILES string of the molecule is CC(C)C(=O)NCCSc1c(-c2ccc(F)cc2)[nH]c2ccccc12. The highest BCUT2D eigenvalue weighted by atomic mass is 32.2. The molecule has 0 aliphatic carbocycles. The molecular weight excluding hydrogens is 335 g/mol. The number of hydrogen-bond donors (Lipinski definition) is 2. The summed E-state index contributed by atoms with van der Waals surface area (Å²) in [5.41, 5.74) is 2.99. The van der Waals surface area contributed by atoms with Crippen LogP contribution in [0.5, 0.6) is 0 Å². The van der Waals surface area contributed by atoms with Gasteiger partial charge in [0.2, 0.25) is 5.91 Å². The van der Waals surface area contributed by atoms with E-state index in [4.69, 9.17) is 0 Å². The van der Waals surface area contributed by atoms with Crippen molar-refractivity contribution in [1.29, 1.82) is 0 Å². The van der Waals surface area contributed by atoms with Crippen LogP contribution in [0.1, 0.15) is 13.8 Å². The Morgan fingerprint density at radius 2 is 1.88 bits per heavy atom. The van der Waals surface area contributed by atoms with Gasteiger partial charge in [-0.2, -0.15) is 0 Å². The summed E-state index contributed by atoms with van der Waals surface area (Å²) in [4.78, 5) is 16.2. The van der Waals surface area contributed by atoms with Gasteiger partial charge in [-0.1, -0.05) is 32.0 Å². The largest absolute Gasteiger partial charge is 0.355 e. The number of para-hydroxylation sites is 1. The quantitative estimate of drug-likeness (QED) is 0.490. The zero-order valence-corrected chi connectivity index (χ0v) is 15.1. The second-order valence-electron chi connectivity index (χ2n) is 6.18. The van der Waals surface area contributed by atoms with Crippen LogP contribution in [-0.4, -0.2) is 23.2 Å². The van der Waals surface area contributed by atoms with Crippen molar-refractivity contribution in [1.82, 2.24) is 10.3 Å². The third-order valence-electron chi connectivity index (χ3n) is 3.96. The van der Waals surface area contributed by atoms with Crippen LogP contribution in [0.25, 0.3) is 22.2 Å². The lowest BCUT2D eigenvalue weighted by Crippen LogP contribution is -2.29. The summed E-state index contributed by atoms with van der Waals surface area (Å²) in [7, 11) is 0. The molecule has 0 aliphatic heterocycles. The van der Waals surface area contributed by atoms with Gasteiger partial charge < -0.3 is 10.3 Å². The molecule has 3 aromatic rings. The number of aromatic nitrogens is 1. The first-order chi connectivity index (χ1) is 12.1. The molecular formula is C20H21FN2OS. The van der Waals surface area contributed by atoms with Crippen LogP contribution in [0, 0.1) is 11.7 Å². The summed E-state index contributed by atoms with van der Waals surface area (Å²) in [5, 5.41) is 4.08. The number of rotatable bonds is 6. The van der Waals surface area contributed by atoms with Gasteiger partial charge in [-0.25, -0.2) is 4.39 Å². The predicted molar refractivity (Wildman–Crippen MR) is 102 cm³/mol. The fourth-order valence-electron chi connectivity index (χ4n) is 2.62. The van der Waals surface area contributed by atoms with Crippen molar-refractivity contribution in [2.45, 2.75) is 18.7 Å². The van der Waals surface area contributed by atoms with Gasteiger partial charge in [0, 0.05) is 34.0 Å². The molecule has 0 radical (unpaired) electrons. The first-order valence-electron chi connectivity index (χ1n) is 8.33. The Labute approximate surface area is 151 Å². The Morgan fingerprint density at radius 1 is 1.16 bits per heavy atom. The van der Waals surface area contributed by atoms with Crippen molar-refractivity contribution in [2.24, 2.45) is 5.92 Å². The number of nitrogens with one attached hydrogen (secondary N) is 2. The summed E-state index contributed by atoms with van der Waals surface area (Å²) in [6.45, 7) is 4.38. The Kier molecular flexibility index (Phi) is 5.43. The molecule has 0 saturated heterocycles. The third kappa shape index (κ3) is 4.04. The lowest BCUT2D eigenvalue weighted by atomic mass is 10.1. The van der Waals surface area contributed by atoms with Crippen LogP contribution in [0.15, 0.2) is 53.4 Å². The summed E-state index contributed by atoms with van der Waals surface area (Å²) in [6.07, 6.45) is 0. The number of benzene rings is 2. The van der Waals surface area contributed by atoms with Gasteiger partial charge in [0.25, 0.3) is 0 Å². The van der Waals surface area contributed by atoms with Crippen LogP contribution < -0.4 is 5.32 Å². The van der Waals surface area contributed by atoms with Gasteiger partial charge in [0.05, 0.1) is 5.69 Å². The van der Waals surface area contributed by atoms with E-state index >= 15 is 0 Å². The average Bonchev–Trinajstić information content (AvgIpc) is 2.97.